The highest BCUT2D eigenvalue weighted by Gasteiger charge is 2.36. The number of phenolic OH excluding ortho intramolecular Hbond substituents is 1. The smallest absolute Gasteiger partial charge is 0.488 e. The maximum absolute atomic E-state index is 15.3. The highest BCUT2D eigenvalue weighted by Crippen LogP contribution is 2.17. The van der Waals surface area contributed by atoms with Crippen molar-refractivity contribution in [2.45, 2.75) is 267 Å². The van der Waals surface area contributed by atoms with Crippen molar-refractivity contribution in [1.29, 1.82) is 0 Å². The molecule has 124 heavy (non-hydrogen) atoms. The Kier molecular flexibility index (Phi) is 54.5. The largest absolute Gasteiger partial charge is 0.508 e. The van der Waals surface area contributed by atoms with Gasteiger partial charge in [0.15, 0.2) is 0 Å². The molecule has 0 aliphatic carbocycles. The van der Waals surface area contributed by atoms with Crippen LogP contribution in [0.2, 0.25) is 0 Å². The van der Waals surface area contributed by atoms with Gasteiger partial charge in [-0.1, -0.05) is 63.1 Å². The molecule has 41 heteroatoms. The fourth-order valence-electron chi connectivity index (χ4n) is 13.3. The van der Waals surface area contributed by atoms with E-state index in [0.29, 0.717) is 102 Å². The van der Waals surface area contributed by atoms with E-state index in [1.54, 1.807) is 13.8 Å². The van der Waals surface area contributed by atoms with Crippen LogP contribution in [0.3, 0.4) is 0 Å². The number of hydrogen-bond acceptors (Lipinski definition) is 26. The number of hydrogen-bond donors (Lipinski definition) is 26. The first kappa shape index (κ1) is 108. The van der Waals surface area contributed by atoms with Crippen molar-refractivity contribution < 1.29 is 92.6 Å². The average Bonchev–Trinajstić information content (AvgIpc) is 0.863. The van der Waals surface area contributed by atoms with E-state index in [4.69, 9.17) is 45.9 Å². The molecular formula is C83H140B2N20O19. The second-order valence-electron chi connectivity index (χ2n) is 31.6. The van der Waals surface area contributed by atoms with E-state index in [2.05, 4.69) is 63.8 Å². The first-order chi connectivity index (χ1) is 59.3. The van der Waals surface area contributed by atoms with Gasteiger partial charge in [0.2, 0.25) is 59.1 Å². The number of nitrogens with one attached hydrogen (secondary N) is 12. The lowest BCUT2D eigenvalue weighted by Crippen LogP contribution is -2.60. The van der Waals surface area contributed by atoms with Crippen LogP contribution in [0.5, 0.6) is 5.75 Å². The van der Waals surface area contributed by atoms with Crippen molar-refractivity contribution in [3.8, 4) is 5.75 Å². The number of benzene rings is 3. The first-order valence-electron chi connectivity index (χ1n) is 43.5. The zero-order valence-electron chi connectivity index (χ0n) is 72.0. The molecular weight excluding hydrogens is 1600 g/mol. The number of carbonyl (C=O) groups is 13. The van der Waals surface area contributed by atoms with E-state index in [0.717, 1.165) is 0 Å². The van der Waals surface area contributed by atoms with Gasteiger partial charge >= 0.3 is 20.2 Å². The molecule has 39 nitrogen and oxygen atoms in total. The Morgan fingerprint density at radius 1 is 0.306 bits per heavy atom. The van der Waals surface area contributed by atoms with Crippen LogP contribution in [-0.4, -0.2) is 247 Å². The second-order valence-corrected chi connectivity index (χ2v) is 31.6. The number of phenols is 1. The third-order valence-electron chi connectivity index (χ3n) is 20.7. The minimum absolute atomic E-state index is 0.00149. The van der Waals surface area contributed by atoms with E-state index in [-0.39, 0.29) is 182 Å². The molecule has 0 unspecified atom stereocenters. The fraction of sp³-hybridized carbons (Fsp3) is 0.627. The summed E-state index contributed by atoms with van der Waals surface area (Å²) < 4.78 is 0. The number of carboxylic acids is 1. The first-order valence-corrected chi connectivity index (χ1v) is 43.5. The highest BCUT2D eigenvalue weighted by atomic mass is 16.4. The molecule has 3 rings (SSSR count). The van der Waals surface area contributed by atoms with Crippen LogP contribution in [0.25, 0.3) is 0 Å². The lowest BCUT2D eigenvalue weighted by Gasteiger charge is -2.28. The zero-order chi connectivity index (χ0) is 91.9. The quantitative estimate of drug-likeness (QED) is 0.0188. The minimum atomic E-state index is -1.74. The van der Waals surface area contributed by atoms with Crippen molar-refractivity contribution in [2.75, 3.05) is 58.9 Å². The minimum Gasteiger partial charge on any atom is -0.508 e. The summed E-state index contributed by atoms with van der Waals surface area (Å²) in [6.45, 7) is 5.33. The maximum atomic E-state index is 15.3. The summed E-state index contributed by atoms with van der Waals surface area (Å²) in [6, 6.07) is 2.73. The highest BCUT2D eigenvalue weighted by molar-refractivity contribution is 6.59. The second kappa shape index (κ2) is 62.4. The van der Waals surface area contributed by atoms with Gasteiger partial charge in [0, 0.05) is 37.2 Å². The molecule has 0 heterocycles. The van der Waals surface area contributed by atoms with Gasteiger partial charge in [-0.25, -0.2) is 4.79 Å². The van der Waals surface area contributed by atoms with Crippen molar-refractivity contribution in [2.24, 2.45) is 51.8 Å². The predicted octanol–water partition coefficient (Wildman–Crippen LogP) is -4.30. The molecule has 0 aliphatic heterocycles. The molecule has 3 aromatic rings. The van der Waals surface area contributed by atoms with E-state index < -0.39 is 158 Å². The Bertz CT molecular complexity index is 3710. The molecule has 0 saturated carbocycles. The SMILES string of the molecule is CC(C)C[C@H](NC(=O)[C@H](CCCCN)NC(=O)[C@H](CCCCNC(=O)[C@H](CCCCN)NC(=O)[C@H](CCCCNC(=O)c1ccc(B(O)O)cc1)NC(=O)[C@@H](N)CCCCN)NC(=O)[C@H](CCCCN)NC(=O)[C@H](CCCCNC(=O)c1ccc(B(O)O)cc1)NC(=O)[C@@H](N)CCCCN)C(=O)N[C@@H](CCCCN)C(=O)N[C@@H](Cc1ccc(O)cc1)C(=O)O. The molecule has 3 aromatic carbocycles. The molecule has 11 atom stereocenters. The van der Waals surface area contributed by atoms with Gasteiger partial charge in [0.05, 0.1) is 12.1 Å². The molecule has 692 valence electrons. The molecule has 0 aromatic heterocycles. The van der Waals surface area contributed by atoms with Crippen molar-refractivity contribution in [3.63, 3.8) is 0 Å². The third-order valence-corrected chi connectivity index (χ3v) is 20.7. The Balaban J connectivity index is 2.08. The summed E-state index contributed by atoms with van der Waals surface area (Å²) in [5.41, 5.74) is 48.9. The number of carbonyl (C=O) groups excluding carboxylic acids is 12. The van der Waals surface area contributed by atoms with E-state index in [9.17, 15) is 83.0 Å². The Hall–Kier alpha value is -9.78. The van der Waals surface area contributed by atoms with E-state index in [1.807, 2.05) is 0 Å². The van der Waals surface area contributed by atoms with Gasteiger partial charge in [0.25, 0.3) is 11.8 Å². The van der Waals surface area contributed by atoms with Gasteiger partial charge in [-0.15, -0.1) is 0 Å². The molecule has 34 N–H and O–H groups in total. The van der Waals surface area contributed by atoms with Gasteiger partial charge in [0.1, 0.15) is 60.1 Å². The molecule has 0 spiro atoms. The summed E-state index contributed by atoms with van der Waals surface area (Å²) in [6.07, 6.45) is 6.59. The van der Waals surface area contributed by atoms with Crippen molar-refractivity contribution >= 4 is 102 Å². The number of nitrogens with two attached hydrogens (primary N) is 8. The fourth-order valence-corrected chi connectivity index (χ4v) is 13.3. The number of aliphatic carboxylic acids is 1. The molecule has 0 radical (unpaired) electrons. The normalized spacial score (nSPS) is 13.9. The number of carboxylic acid groups (broad SMARTS) is 1. The lowest BCUT2D eigenvalue weighted by atomic mass is 9.80. The molecule has 0 aliphatic rings. The summed E-state index contributed by atoms with van der Waals surface area (Å²) >= 11 is 0. The van der Waals surface area contributed by atoms with Crippen LogP contribution in [0.4, 0.5) is 0 Å². The topological polar surface area (TPSA) is 696 Å². The van der Waals surface area contributed by atoms with Crippen LogP contribution in [0.1, 0.15) is 220 Å². The molecule has 0 bridgehead atoms. The van der Waals surface area contributed by atoms with Gasteiger partial charge in [-0.3, -0.25) is 57.5 Å². The number of amides is 12. The third kappa shape index (κ3) is 43.7. The number of rotatable bonds is 67. The summed E-state index contributed by atoms with van der Waals surface area (Å²) in [7, 11) is -3.46. The molecule has 0 fully saturated rings. The Labute approximate surface area is 727 Å². The standard InChI is InChI=1S/C83H140B2N20O19/c1-53(2)51-69(82(118)103-67(26-8-17-47-91)81(117)105-70(83(119)120)52-54-30-40-59(106)41-31-54)104-80(116)66(25-7-16-46-90)101-79(115)68(102-78(114)65(24-6-15-45-89)100-77(113)64(98-74(110)61(93)22-4-13-43-87)28-10-19-49-95-72(108)56-34-38-58(39-35-56)85(123)124)29-11-20-50-96-75(111)62(23-5-14-44-88)99-76(112)63(97-73(109)60(92)21-3-12-42-86)27-9-18-48-94-71(107)55-32-36-57(37-33-55)84(121)122/h30-41,53,60-70,106,121-124H,3-29,42-52,86-93H2,1-2H3,(H,94,107)(H,95,108)(H,96,111)(H,97,109)(H,98,110)(H,99,112)(H,100,113)(H,101,115)(H,102,114)(H,103,118)(H,104,116)(H,105,117)(H,119,120)/t60-,61-,62-,63-,64-,65-,66-,67-,68-,69-,70-/m0/s1. The predicted molar refractivity (Wildman–Crippen MR) is 471 cm³/mol. The van der Waals surface area contributed by atoms with Crippen molar-refractivity contribution in [1.82, 2.24) is 63.8 Å². The van der Waals surface area contributed by atoms with Crippen LogP contribution < -0.4 is 121 Å². The summed E-state index contributed by atoms with van der Waals surface area (Å²) in [5.74, 6) is -10.3. The Morgan fingerprint density at radius 3 is 0.839 bits per heavy atom. The van der Waals surface area contributed by atoms with Crippen LogP contribution in [0.15, 0.2) is 72.8 Å². The van der Waals surface area contributed by atoms with E-state index >= 15 is 9.59 Å². The van der Waals surface area contributed by atoms with Gasteiger partial charge < -0.3 is 140 Å². The Morgan fingerprint density at radius 2 is 0.556 bits per heavy atom. The number of aromatic hydroxyl groups is 1. The molecule has 12 amide bonds. The maximum Gasteiger partial charge on any atom is 0.488 e. The van der Waals surface area contributed by atoms with E-state index in [1.165, 1.54) is 72.8 Å². The average molecular weight is 1740 g/mol. The van der Waals surface area contributed by atoms with Gasteiger partial charge in [-0.2, -0.15) is 0 Å². The monoisotopic (exact) mass is 1740 g/mol. The lowest BCUT2D eigenvalue weighted by molar-refractivity contribution is -0.142. The summed E-state index contributed by atoms with van der Waals surface area (Å²) in [4.78, 5) is 183. The van der Waals surface area contributed by atoms with Crippen LogP contribution in [-0.2, 0) is 59.2 Å². The molecule has 0 saturated heterocycles. The van der Waals surface area contributed by atoms with Gasteiger partial charge in [-0.05, 0) is 265 Å². The van der Waals surface area contributed by atoms with Crippen LogP contribution >= 0.6 is 0 Å². The van der Waals surface area contributed by atoms with Crippen LogP contribution in [0, 0.1) is 5.92 Å². The zero-order valence-corrected chi connectivity index (χ0v) is 72.0. The summed E-state index contributed by atoms with van der Waals surface area (Å²) in [5, 5.41) is 91.1. The number of unbranched alkanes of at least 4 members (excludes halogenated alkanes) is 9. The van der Waals surface area contributed by atoms with Crippen molar-refractivity contribution in [3.05, 3.63) is 89.5 Å².